The number of hydrogen-bond acceptors (Lipinski definition) is 7. The fraction of sp³-hybridized carbons (Fsp3) is 0.375. The van der Waals surface area contributed by atoms with Gasteiger partial charge in [-0.15, -0.1) is 0 Å². The first-order valence-electron chi connectivity index (χ1n) is 10.8. The Kier molecular flexibility index (Phi) is 3.89. The second-order valence-electron chi connectivity index (χ2n) is 8.74. The van der Waals surface area contributed by atoms with E-state index in [1.165, 1.54) is 0 Å². The Morgan fingerprint density at radius 3 is 2.88 bits per heavy atom. The van der Waals surface area contributed by atoms with Gasteiger partial charge >= 0.3 is 5.97 Å². The Morgan fingerprint density at radius 2 is 2.12 bits per heavy atom. The molecule has 2 aliphatic heterocycles. The molecule has 164 valence electrons. The van der Waals surface area contributed by atoms with Gasteiger partial charge in [0.1, 0.15) is 12.4 Å². The predicted molar refractivity (Wildman–Crippen MR) is 116 cm³/mol. The lowest BCUT2D eigenvalue weighted by molar-refractivity contribution is -0.172. The number of nitrogens with zero attached hydrogens (tertiary/aromatic N) is 2. The second kappa shape index (κ2) is 6.40. The van der Waals surface area contributed by atoms with Crippen molar-refractivity contribution in [3.63, 3.8) is 0 Å². The van der Waals surface area contributed by atoms with Gasteiger partial charge in [0.25, 0.3) is 5.56 Å². The third-order valence-corrected chi connectivity index (χ3v) is 7.26. The van der Waals surface area contributed by atoms with E-state index in [0.717, 1.165) is 46.2 Å². The topological polar surface area (TPSA) is 117 Å². The lowest BCUT2D eigenvalue weighted by Gasteiger charge is -2.31. The number of carbonyl (C=O) groups excluding carboxylic acids is 1. The third kappa shape index (κ3) is 2.26. The largest absolute Gasteiger partial charge is 0.496 e. The number of ether oxygens (including phenoxy) is 2. The SMILES string of the molecule is CC[C@@]1(O)C(=O)OCc2c1cc1n(c2=O)Cc2c-1nc1ccc(OC)c3c1c2[C@@H](N)CC3. The summed E-state index contributed by atoms with van der Waals surface area (Å²) in [6.07, 6.45) is 1.69. The van der Waals surface area contributed by atoms with Gasteiger partial charge in [-0.25, -0.2) is 9.78 Å². The van der Waals surface area contributed by atoms with Gasteiger partial charge in [-0.05, 0) is 43.0 Å². The van der Waals surface area contributed by atoms with Gasteiger partial charge in [-0.2, -0.15) is 0 Å². The molecule has 2 atom stereocenters. The first-order chi connectivity index (χ1) is 15.4. The molecule has 3 aromatic rings. The number of pyridine rings is 2. The van der Waals surface area contributed by atoms with Crippen LogP contribution in [0.5, 0.6) is 5.75 Å². The summed E-state index contributed by atoms with van der Waals surface area (Å²) in [7, 11) is 1.66. The molecule has 0 amide bonds. The van der Waals surface area contributed by atoms with Crippen molar-refractivity contribution in [2.24, 2.45) is 5.73 Å². The number of aliphatic hydroxyl groups is 1. The number of methoxy groups -OCH3 is 1. The van der Waals surface area contributed by atoms with Crippen molar-refractivity contribution >= 4 is 16.9 Å². The zero-order valence-electron chi connectivity index (χ0n) is 17.9. The fourth-order valence-electron chi connectivity index (χ4n) is 5.55. The van der Waals surface area contributed by atoms with Crippen LogP contribution in [0.25, 0.3) is 22.3 Å². The lowest BCUT2D eigenvalue weighted by Crippen LogP contribution is -2.44. The molecule has 0 radical (unpaired) electrons. The van der Waals surface area contributed by atoms with Crippen LogP contribution in [0.3, 0.4) is 0 Å². The monoisotopic (exact) mass is 433 g/mol. The van der Waals surface area contributed by atoms with Gasteiger partial charge in [0, 0.05) is 28.1 Å². The van der Waals surface area contributed by atoms with E-state index in [9.17, 15) is 14.7 Å². The summed E-state index contributed by atoms with van der Waals surface area (Å²) in [6.45, 7) is 1.89. The number of hydrogen-bond donors (Lipinski definition) is 2. The highest BCUT2D eigenvalue weighted by Gasteiger charge is 2.45. The Morgan fingerprint density at radius 1 is 1.31 bits per heavy atom. The van der Waals surface area contributed by atoms with E-state index >= 15 is 0 Å². The highest BCUT2D eigenvalue weighted by molar-refractivity contribution is 5.93. The molecule has 3 N–H and O–H groups in total. The normalized spacial score (nSPS) is 22.9. The Bertz CT molecular complexity index is 1410. The molecule has 8 heteroatoms. The van der Waals surface area contributed by atoms with Crippen molar-refractivity contribution in [3.05, 3.63) is 56.4 Å². The maximum Gasteiger partial charge on any atom is 0.343 e. The van der Waals surface area contributed by atoms with E-state index in [1.54, 1.807) is 24.7 Å². The van der Waals surface area contributed by atoms with Gasteiger partial charge in [-0.1, -0.05) is 6.92 Å². The van der Waals surface area contributed by atoms with E-state index in [1.807, 2.05) is 12.1 Å². The molecule has 0 unspecified atom stereocenters. The van der Waals surface area contributed by atoms with Gasteiger partial charge in [0.05, 0.1) is 36.1 Å². The standard InChI is InChI=1S/C24H23N3O5/c1-3-24(30)14-8-17-21-12(9-27(17)22(28)13(14)10-32-23(24)29)19-15(25)5-4-11-18(31-2)7-6-16(26-21)20(11)19/h6-8,15,30H,3-5,9-10,25H2,1-2H3/t15-,24-/m0/s1. The van der Waals surface area contributed by atoms with Crippen LogP contribution in [-0.2, 0) is 34.7 Å². The number of fused-ring (bicyclic) bond motifs is 5. The highest BCUT2D eigenvalue weighted by atomic mass is 16.6. The molecule has 1 aliphatic carbocycles. The molecule has 0 saturated carbocycles. The maximum atomic E-state index is 13.4. The van der Waals surface area contributed by atoms with Crippen LogP contribution in [0.4, 0.5) is 0 Å². The summed E-state index contributed by atoms with van der Waals surface area (Å²) in [5.41, 5.74) is 10.2. The molecule has 0 bridgehead atoms. The number of aromatic nitrogens is 2. The van der Waals surface area contributed by atoms with Crippen LogP contribution in [0.2, 0.25) is 0 Å². The molecule has 8 nitrogen and oxygen atoms in total. The van der Waals surface area contributed by atoms with E-state index in [-0.39, 0.29) is 24.6 Å². The molecule has 0 fully saturated rings. The van der Waals surface area contributed by atoms with Gasteiger partial charge in [0.15, 0.2) is 5.60 Å². The number of rotatable bonds is 2. The van der Waals surface area contributed by atoms with E-state index in [0.29, 0.717) is 29.1 Å². The van der Waals surface area contributed by atoms with Crippen LogP contribution < -0.4 is 16.0 Å². The van der Waals surface area contributed by atoms with E-state index < -0.39 is 11.6 Å². The summed E-state index contributed by atoms with van der Waals surface area (Å²) in [5, 5.41) is 12.1. The van der Waals surface area contributed by atoms with E-state index in [2.05, 4.69) is 0 Å². The summed E-state index contributed by atoms with van der Waals surface area (Å²) in [4.78, 5) is 30.7. The number of nitrogens with two attached hydrogens (primary N) is 1. The molecule has 3 aliphatic rings. The first-order valence-corrected chi connectivity index (χ1v) is 10.8. The summed E-state index contributed by atoms with van der Waals surface area (Å²) in [5.74, 6) is 0.0922. The Hall–Kier alpha value is -3.23. The van der Waals surface area contributed by atoms with Crippen molar-refractivity contribution < 1.29 is 19.4 Å². The first kappa shape index (κ1) is 19.5. The summed E-state index contributed by atoms with van der Waals surface area (Å²) >= 11 is 0. The second-order valence-corrected chi connectivity index (χ2v) is 8.74. The summed E-state index contributed by atoms with van der Waals surface area (Å²) in [6, 6.07) is 5.39. The molecule has 32 heavy (non-hydrogen) atoms. The minimum absolute atomic E-state index is 0.110. The third-order valence-electron chi connectivity index (χ3n) is 7.26. The molecule has 1 aromatic carbocycles. The molecule has 0 saturated heterocycles. The van der Waals surface area contributed by atoms with Crippen molar-refractivity contribution in [2.75, 3.05) is 7.11 Å². The van der Waals surface area contributed by atoms with Crippen molar-refractivity contribution in [1.29, 1.82) is 0 Å². The highest BCUT2D eigenvalue weighted by Crippen LogP contribution is 2.45. The van der Waals surface area contributed by atoms with Crippen LogP contribution in [0.1, 0.15) is 53.6 Å². The lowest BCUT2D eigenvalue weighted by atomic mass is 9.83. The average molecular weight is 433 g/mol. The number of benzene rings is 1. The summed E-state index contributed by atoms with van der Waals surface area (Å²) < 4.78 is 12.4. The van der Waals surface area contributed by atoms with Crippen LogP contribution >= 0.6 is 0 Å². The van der Waals surface area contributed by atoms with Crippen molar-refractivity contribution in [1.82, 2.24) is 9.55 Å². The van der Waals surface area contributed by atoms with Crippen LogP contribution in [0.15, 0.2) is 23.0 Å². The smallest absolute Gasteiger partial charge is 0.343 e. The van der Waals surface area contributed by atoms with Gasteiger partial charge in [-0.3, -0.25) is 4.79 Å². The maximum absolute atomic E-state index is 13.4. The zero-order valence-corrected chi connectivity index (χ0v) is 17.9. The quantitative estimate of drug-likeness (QED) is 0.465. The number of esters is 1. The van der Waals surface area contributed by atoms with Crippen molar-refractivity contribution in [3.8, 4) is 17.1 Å². The van der Waals surface area contributed by atoms with E-state index in [4.69, 9.17) is 20.2 Å². The van der Waals surface area contributed by atoms with Crippen LogP contribution in [-0.4, -0.2) is 27.7 Å². The minimum Gasteiger partial charge on any atom is -0.496 e. The van der Waals surface area contributed by atoms with Crippen molar-refractivity contribution in [2.45, 2.75) is 51.0 Å². The number of cyclic esters (lactones) is 1. The number of carbonyl (C=O) groups is 1. The molecule has 4 heterocycles. The molecule has 0 spiro atoms. The number of aryl methyl sites for hydroxylation is 1. The minimum atomic E-state index is -1.84. The van der Waals surface area contributed by atoms with Gasteiger partial charge < -0.3 is 24.9 Å². The molecule has 2 aromatic heterocycles. The average Bonchev–Trinajstić information content (AvgIpc) is 3.17. The predicted octanol–water partition coefficient (Wildman–Crippen LogP) is 2.03. The Balaban J connectivity index is 1.68. The molecular formula is C24H23N3O5. The fourth-order valence-corrected chi connectivity index (χ4v) is 5.55. The van der Waals surface area contributed by atoms with Crippen LogP contribution in [0, 0.1) is 0 Å². The molecular weight excluding hydrogens is 410 g/mol. The molecule has 6 rings (SSSR count). The Labute approximate surface area is 183 Å². The zero-order chi connectivity index (χ0) is 22.4. The van der Waals surface area contributed by atoms with Gasteiger partial charge in [0.2, 0.25) is 0 Å².